The van der Waals surface area contributed by atoms with Gasteiger partial charge < -0.3 is 10.6 Å². The van der Waals surface area contributed by atoms with Crippen LogP contribution in [0.15, 0.2) is 0 Å². The Balaban J connectivity index is 1.59. The van der Waals surface area contributed by atoms with Crippen LogP contribution in [-0.4, -0.2) is 30.1 Å². The van der Waals surface area contributed by atoms with Gasteiger partial charge in [-0.2, -0.15) is 11.8 Å². The summed E-state index contributed by atoms with van der Waals surface area (Å²) in [6.45, 7) is 0.853. The minimum absolute atomic E-state index is 0.0406. The fourth-order valence-electron chi connectivity index (χ4n) is 2.29. The second kappa shape index (κ2) is 5.64. The molecule has 1 heterocycles. The quantitative estimate of drug-likeness (QED) is 0.775. The minimum Gasteiger partial charge on any atom is -0.338 e. The topological polar surface area (TPSA) is 41.1 Å². The van der Waals surface area contributed by atoms with Crippen LogP contribution in [0.2, 0.25) is 0 Å². The van der Waals surface area contributed by atoms with E-state index in [1.165, 1.54) is 30.8 Å². The standard InChI is InChI=1S/C11H20N2OS/c14-11(13-10-3-1-2-4-10)12-7-9-5-6-15-8-9/h9-10H,1-8H2,(H2,12,13,14). The third-order valence-electron chi connectivity index (χ3n) is 3.27. The molecule has 86 valence electrons. The number of urea groups is 1. The highest BCUT2D eigenvalue weighted by molar-refractivity contribution is 7.99. The number of nitrogens with one attached hydrogen (secondary N) is 2. The number of rotatable bonds is 3. The molecular formula is C11H20N2OS. The molecule has 1 aliphatic heterocycles. The summed E-state index contributed by atoms with van der Waals surface area (Å²) in [6.07, 6.45) is 6.11. The molecule has 4 heteroatoms. The molecule has 1 unspecified atom stereocenters. The highest BCUT2D eigenvalue weighted by atomic mass is 32.2. The Kier molecular flexibility index (Phi) is 4.18. The molecule has 2 N–H and O–H groups in total. The average Bonchev–Trinajstić information content (AvgIpc) is 2.86. The molecule has 1 aliphatic carbocycles. The maximum absolute atomic E-state index is 11.5. The lowest BCUT2D eigenvalue weighted by Gasteiger charge is -2.14. The number of carbonyl (C=O) groups is 1. The Morgan fingerprint density at radius 1 is 1.27 bits per heavy atom. The number of amides is 2. The van der Waals surface area contributed by atoms with Crippen molar-refractivity contribution >= 4 is 17.8 Å². The molecule has 0 bridgehead atoms. The fraction of sp³-hybridized carbons (Fsp3) is 0.909. The Bertz CT molecular complexity index is 211. The van der Waals surface area contributed by atoms with Crippen molar-refractivity contribution in [3.05, 3.63) is 0 Å². The molecular weight excluding hydrogens is 208 g/mol. The summed E-state index contributed by atoms with van der Waals surface area (Å²) < 4.78 is 0. The molecule has 2 fully saturated rings. The molecule has 2 rings (SSSR count). The lowest BCUT2D eigenvalue weighted by molar-refractivity contribution is 0.235. The van der Waals surface area contributed by atoms with Gasteiger partial charge in [0.25, 0.3) is 0 Å². The maximum Gasteiger partial charge on any atom is 0.315 e. The van der Waals surface area contributed by atoms with E-state index in [9.17, 15) is 4.79 Å². The summed E-state index contributed by atoms with van der Waals surface area (Å²) >= 11 is 2.00. The molecule has 0 spiro atoms. The van der Waals surface area contributed by atoms with Gasteiger partial charge in [-0.1, -0.05) is 12.8 Å². The van der Waals surface area contributed by atoms with Gasteiger partial charge in [-0.05, 0) is 36.7 Å². The predicted octanol–water partition coefficient (Wildman–Crippen LogP) is 1.98. The highest BCUT2D eigenvalue weighted by Gasteiger charge is 2.19. The van der Waals surface area contributed by atoms with E-state index in [1.807, 2.05) is 11.8 Å². The Labute approximate surface area is 95.8 Å². The fourth-order valence-corrected chi connectivity index (χ4v) is 3.57. The molecule has 0 radical (unpaired) electrons. The van der Waals surface area contributed by atoms with Crippen molar-refractivity contribution in [3.63, 3.8) is 0 Å². The molecule has 0 aromatic heterocycles. The van der Waals surface area contributed by atoms with Crippen molar-refractivity contribution in [2.45, 2.75) is 38.1 Å². The Hall–Kier alpha value is -0.380. The number of hydrogen-bond donors (Lipinski definition) is 2. The van der Waals surface area contributed by atoms with E-state index < -0.39 is 0 Å². The van der Waals surface area contributed by atoms with Crippen molar-refractivity contribution in [3.8, 4) is 0 Å². The number of hydrogen-bond acceptors (Lipinski definition) is 2. The summed E-state index contributed by atoms with van der Waals surface area (Å²) in [4.78, 5) is 11.5. The van der Waals surface area contributed by atoms with Gasteiger partial charge in [0.1, 0.15) is 0 Å². The zero-order valence-electron chi connectivity index (χ0n) is 9.13. The highest BCUT2D eigenvalue weighted by Crippen LogP contribution is 2.22. The van der Waals surface area contributed by atoms with Gasteiger partial charge in [0.2, 0.25) is 0 Å². The van der Waals surface area contributed by atoms with Gasteiger partial charge >= 0.3 is 6.03 Å². The predicted molar refractivity (Wildman–Crippen MR) is 64.2 cm³/mol. The van der Waals surface area contributed by atoms with Gasteiger partial charge in [0.05, 0.1) is 0 Å². The van der Waals surface area contributed by atoms with Crippen LogP contribution in [0.25, 0.3) is 0 Å². The maximum atomic E-state index is 11.5. The third kappa shape index (κ3) is 3.59. The first-order chi connectivity index (χ1) is 7.34. The van der Waals surface area contributed by atoms with Crippen LogP contribution in [0, 0.1) is 5.92 Å². The molecule has 3 nitrogen and oxygen atoms in total. The molecule has 1 saturated heterocycles. The molecule has 15 heavy (non-hydrogen) atoms. The SMILES string of the molecule is O=C(NCC1CCSC1)NC1CCCC1. The van der Waals surface area contributed by atoms with Gasteiger partial charge in [-0.15, -0.1) is 0 Å². The third-order valence-corrected chi connectivity index (χ3v) is 4.50. The van der Waals surface area contributed by atoms with Crippen LogP contribution in [0.1, 0.15) is 32.1 Å². The van der Waals surface area contributed by atoms with Gasteiger partial charge in [0, 0.05) is 12.6 Å². The van der Waals surface area contributed by atoms with Crippen LogP contribution in [0.3, 0.4) is 0 Å². The van der Waals surface area contributed by atoms with E-state index in [0.29, 0.717) is 12.0 Å². The van der Waals surface area contributed by atoms with Crippen molar-refractivity contribution in [1.29, 1.82) is 0 Å². The summed E-state index contributed by atoms with van der Waals surface area (Å²) in [7, 11) is 0. The van der Waals surface area contributed by atoms with Crippen LogP contribution >= 0.6 is 11.8 Å². The zero-order chi connectivity index (χ0) is 10.5. The van der Waals surface area contributed by atoms with Crippen molar-refractivity contribution in [2.24, 2.45) is 5.92 Å². The van der Waals surface area contributed by atoms with Crippen molar-refractivity contribution in [2.75, 3.05) is 18.1 Å². The molecule has 1 saturated carbocycles. The second-order valence-corrected chi connectivity index (χ2v) is 5.72. The summed E-state index contributed by atoms with van der Waals surface area (Å²) in [5, 5.41) is 6.03. The minimum atomic E-state index is 0.0406. The summed E-state index contributed by atoms with van der Waals surface area (Å²) in [5.41, 5.74) is 0. The molecule has 0 aromatic rings. The summed E-state index contributed by atoms with van der Waals surface area (Å²) in [6, 6.07) is 0.474. The monoisotopic (exact) mass is 228 g/mol. The lowest BCUT2D eigenvalue weighted by atomic mass is 10.1. The Morgan fingerprint density at radius 3 is 2.73 bits per heavy atom. The molecule has 2 amide bonds. The first-order valence-corrected chi connectivity index (χ1v) is 7.12. The van der Waals surface area contributed by atoms with E-state index in [-0.39, 0.29) is 6.03 Å². The average molecular weight is 228 g/mol. The van der Waals surface area contributed by atoms with Crippen LogP contribution in [0.5, 0.6) is 0 Å². The van der Waals surface area contributed by atoms with Crippen LogP contribution in [-0.2, 0) is 0 Å². The lowest BCUT2D eigenvalue weighted by Crippen LogP contribution is -2.42. The first kappa shape index (κ1) is 11.1. The first-order valence-electron chi connectivity index (χ1n) is 5.96. The summed E-state index contributed by atoms with van der Waals surface area (Å²) in [5.74, 6) is 3.17. The van der Waals surface area contributed by atoms with Crippen LogP contribution in [0.4, 0.5) is 4.79 Å². The van der Waals surface area contributed by atoms with E-state index >= 15 is 0 Å². The largest absolute Gasteiger partial charge is 0.338 e. The van der Waals surface area contributed by atoms with E-state index in [4.69, 9.17) is 0 Å². The van der Waals surface area contributed by atoms with Gasteiger partial charge in [0.15, 0.2) is 0 Å². The molecule has 1 atom stereocenters. The van der Waals surface area contributed by atoms with Gasteiger partial charge in [-0.25, -0.2) is 4.79 Å². The second-order valence-electron chi connectivity index (χ2n) is 4.57. The smallest absolute Gasteiger partial charge is 0.315 e. The van der Waals surface area contributed by atoms with E-state index in [1.54, 1.807) is 0 Å². The molecule has 2 aliphatic rings. The zero-order valence-corrected chi connectivity index (χ0v) is 9.94. The molecule has 0 aromatic carbocycles. The van der Waals surface area contributed by atoms with E-state index in [0.717, 1.165) is 19.4 Å². The normalized spacial score (nSPS) is 26.8. The van der Waals surface area contributed by atoms with Crippen molar-refractivity contribution < 1.29 is 4.79 Å². The number of carbonyl (C=O) groups excluding carboxylic acids is 1. The number of thioether (sulfide) groups is 1. The van der Waals surface area contributed by atoms with E-state index in [2.05, 4.69) is 10.6 Å². The van der Waals surface area contributed by atoms with Gasteiger partial charge in [-0.3, -0.25) is 0 Å². The van der Waals surface area contributed by atoms with Crippen LogP contribution < -0.4 is 10.6 Å². The Morgan fingerprint density at radius 2 is 2.07 bits per heavy atom. The van der Waals surface area contributed by atoms with Crippen molar-refractivity contribution in [1.82, 2.24) is 10.6 Å².